The lowest BCUT2D eigenvalue weighted by molar-refractivity contribution is 0.363. The fourth-order valence-electron chi connectivity index (χ4n) is 2.74. The van der Waals surface area contributed by atoms with Crippen molar-refractivity contribution in [3.05, 3.63) is 96.3 Å². The van der Waals surface area contributed by atoms with Crippen LogP contribution in [0.3, 0.4) is 0 Å². The smallest absolute Gasteiger partial charge is 0.240 e. The van der Waals surface area contributed by atoms with Gasteiger partial charge in [-0.3, -0.25) is 5.32 Å². The van der Waals surface area contributed by atoms with Crippen LogP contribution in [0.2, 0.25) is 0 Å². The zero-order chi connectivity index (χ0) is 16.9. The lowest BCUT2D eigenvalue weighted by atomic mass is 9.99. The van der Waals surface area contributed by atoms with E-state index in [4.69, 9.17) is 8.94 Å². The first-order valence-electron chi connectivity index (χ1n) is 8.08. The zero-order valence-electron chi connectivity index (χ0n) is 13.5. The lowest BCUT2D eigenvalue weighted by Gasteiger charge is -2.18. The summed E-state index contributed by atoms with van der Waals surface area (Å²) >= 11 is 0. The predicted molar refractivity (Wildman–Crippen MR) is 93.6 cm³/mol. The van der Waals surface area contributed by atoms with Gasteiger partial charge in [-0.15, -0.1) is 0 Å². The second-order valence-corrected chi connectivity index (χ2v) is 5.66. The van der Waals surface area contributed by atoms with Gasteiger partial charge in [-0.1, -0.05) is 65.8 Å². The molecule has 1 N–H and O–H groups in total. The van der Waals surface area contributed by atoms with Crippen molar-refractivity contribution in [2.24, 2.45) is 0 Å². The molecular weight excluding hydrogens is 314 g/mol. The molecule has 0 saturated heterocycles. The minimum absolute atomic E-state index is 0.0478. The van der Waals surface area contributed by atoms with Gasteiger partial charge in [0, 0.05) is 0 Å². The Morgan fingerprint density at radius 1 is 0.880 bits per heavy atom. The van der Waals surface area contributed by atoms with E-state index in [1.165, 1.54) is 11.1 Å². The van der Waals surface area contributed by atoms with E-state index in [0.29, 0.717) is 18.3 Å². The van der Waals surface area contributed by atoms with Crippen LogP contribution in [0.1, 0.15) is 23.1 Å². The summed E-state index contributed by atoms with van der Waals surface area (Å²) in [5, 5.41) is 7.50. The summed E-state index contributed by atoms with van der Waals surface area (Å²) in [5.41, 5.74) is 3.17. The molecule has 0 radical (unpaired) electrons. The topological polar surface area (TPSA) is 64.1 Å². The maximum atomic E-state index is 5.35. The molecule has 4 rings (SSSR count). The summed E-state index contributed by atoms with van der Waals surface area (Å²) in [4.78, 5) is 4.41. The van der Waals surface area contributed by atoms with Crippen molar-refractivity contribution in [2.45, 2.75) is 12.6 Å². The van der Waals surface area contributed by atoms with Gasteiger partial charge in [0.2, 0.25) is 11.7 Å². The highest BCUT2D eigenvalue weighted by atomic mass is 16.5. The number of aromatic nitrogens is 2. The Balaban J connectivity index is 1.54. The molecule has 0 aliphatic rings. The minimum atomic E-state index is 0.0478. The summed E-state index contributed by atoms with van der Waals surface area (Å²) in [6.07, 6.45) is 3.18. The average molecular weight is 331 g/mol. The minimum Gasteiger partial charge on any atom is -0.472 e. The Kier molecular flexibility index (Phi) is 4.39. The molecule has 0 aliphatic carbocycles. The van der Waals surface area contributed by atoms with E-state index in [0.717, 1.165) is 5.56 Å². The van der Waals surface area contributed by atoms with Crippen LogP contribution in [0.15, 0.2) is 88.2 Å². The molecule has 2 heterocycles. The Hall–Kier alpha value is -3.18. The second kappa shape index (κ2) is 7.15. The normalized spacial score (nSPS) is 11.1. The first-order chi connectivity index (χ1) is 12.4. The zero-order valence-corrected chi connectivity index (χ0v) is 13.5. The van der Waals surface area contributed by atoms with Gasteiger partial charge < -0.3 is 8.94 Å². The Bertz CT molecular complexity index is 863. The fraction of sp³-hybridized carbons (Fsp3) is 0.100. The SMILES string of the molecule is c1ccc(C(NCc2nc(-c3ccoc3)no2)c2ccccc2)cc1. The van der Waals surface area contributed by atoms with Crippen LogP contribution in [0, 0.1) is 0 Å². The van der Waals surface area contributed by atoms with Crippen molar-refractivity contribution < 1.29 is 8.94 Å². The number of hydrogen-bond donors (Lipinski definition) is 1. The Morgan fingerprint density at radius 3 is 2.16 bits per heavy atom. The maximum absolute atomic E-state index is 5.35. The molecule has 2 aromatic heterocycles. The lowest BCUT2D eigenvalue weighted by Crippen LogP contribution is -2.22. The molecule has 4 aromatic rings. The molecule has 5 heteroatoms. The summed E-state index contributed by atoms with van der Waals surface area (Å²) in [5.74, 6) is 1.06. The standard InChI is InChI=1S/C20H17N3O2/c1-3-7-15(8-4-1)19(16-9-5-2-6-10-16)21-13-18-22-20(23-25-18)17-11-12-24-14-17/h1-12,14,19,21H,13H2. The van der Waals surface area contributed by atoms with Crippen molar-refractivity contribution in [1.29, 1.82) is 0 Å². The van der Waals surface area contributed by atoms with Crippen molar-refractivity contribution >= 4 is 0 Å². The predicted octanol–water partition coefficient (Wildman–Crippen LogP) is 4.21. The van der Waals surface area contributed by atoms with E-state index < -0.39 is 0 Å². The highest BCUT2D eigenvalue weighted by molar-refractivity contribution is 5.51. The molecule has 0 atom stereocenters. The molecule has 124 valence electrons. The van der Waals surface area contributed by atoms with E-state index in [9.17, 15) is 0 Å². The van der Waals surface area contributed by atoms with Gasteiger partial charge in [-0.25, -0.2) is 0 Å². The molecule has 25 heavy (non-hydrogen) atoms. The number of rotatable bonds is 6. The average Bonchev–Trinajstić information content (AvgIpc) is 3.35. The molecule has 0 amide bonds. The van der Waals surface area contributed by atoms with Gasteiger partial charge >= 0.3 is 0 Å². The van der Waals surface area contributed by atoms with Gasteiger partial charge in [-0.05, 0) is 17.2 Å². The third-order valence-corrected chi connectivity index (χ3v) is 3.97. The molecule has 0 saturated carbocycles. The number of hydrogen-bond acceptors (Lipinski definition) is 5. The molecule has 0 unspecified atom stereocenters. The molecule has 0 spiro atoms. The van der Waals surface area contributed by atoms with Crippen LogP contribution in [-0.2, 0) is 6.54 Å². The third kappa shape index (κ3) is 3.51. The maximum Gasteiger partial charge on any atom is 0.240 e. The van der Waals surface area contributed by atoms with E-state index in [1.807, 2.05) is 36.4 Å². The summed E-state index contributed by atoms with van der Waals surface area (Å²) in [6, 6.07) is 22.5. The van der Waals surface area contributed by atoms with Crippen molar-refractivity contribution in [1.82, 2.24) is 15.5 Å². The molecular formula is C20H17N3O2. The Labute approximate surface area is 145 Å². The van der Waals surface area contributed by atoms with Crippen molar-refractivity contribution in [2.75, 3.05) is 0 Å². The van der Waals surface area contributed by atoms with E-state index in [1.54, 1.807) is 18.6 Å². The van der Waals surface area contributed by atoms with Gasteiger partial charge in [0.05, 0.1) is 24.4 Å². The summed E-state index contributed by atoms with van der Waals surface area (Å²) < 4.78 is 10.4. The molecule has 0 fully saturated rings. The van der Waals surface area contributed by atoms with E-state index in [-0.39, 0.29) is 6.04 Å². The first-order valence-corrected chi connectivity index (χ1v) is 8.08. The molecule has 0 aliphatic heterocycles. The highest BCUT2D eigenvalue weighted by Crippen LogP contribution is 2.22. The molecule has 2 aromatic carbocycles. The van der Waals surface area contributed by atoms with Crippen LogP contribution < -0.4 is 5.32 Å². The highest BCUT2D eigenvalue weighted by Gasteiger charge is 2.15. The summed E-state index contributed by atoms with van der Waals surface area (Å²) in [6.45, 7) is 0.472. The number of benzene rings is 2. The number of nitrogens with one attached hydrogen (secondary N) is 1. The largest absolute Gasteiger partial charge is 0.472 e. The van der Waals surface area contributed by atoms with Crippen LogP contribution in [0.5, 0.6) is 0 Å². The van der Waals surface area contributed by atoms with Gasteiger partial charge in [-0.2, -0.15) is 4.98 Å². The second-order valence-electron chi connectivity index (χ2n) is 5.66. The Morgan fingerprint density at radius 2 is 1.56 bits per heavy atom. The third-order valence-electron chi connectivity index (χ3n) is 3.97. The number of furan rings is 1. The monoisotopic (exact) mass is 331 g/mol. The van der Waals surface area contributed by atoms with Gasteiger partial charge in [0.25, 0.3) is 0 Å². The number of nitrogens with zero attached hydrogens (tertiary/aromatic N) is 2. The van der Waals surface area contributed by atoms with Crippen LogP contribution in [0.4, 0.5) is 0 Å². The van der Waals surface area contributed by atoms with Crippen LogP contribution in [0.25, 0.3) is 11.4 Å². The van der Waals surface area contributed by atoms with Crippen LogP contribution >= 0.6 is 0 Å². The van der Waals surface area contributed by atoms with Gasteiger partial charge in [0.15, 0.2) is 0 Å². The van der Waals surface area contributed by atoms with Gasteiger partial charge in [0.1, 0.15) is 6.26 Å². The van der Waals surface area contributed by atoms with Crippen LogP contribution in [-0.4, -0.2) is 10.1 Å². The quantitative estimate of drug-likeness (QED) is 0.573. The first kappa shape index (κ1) is 15.4. The van der Waals surface area contributed by atoms with Crippen molar-refractivity contribution in [3.8, 4) is 11.4 Å². The molecule has 0 bridgehead atoms. The van der Waals surface area contributed by atoms with E-state index in [2.05, 4.69) is 39.7 Å². The molecule has 5 nitrogen and oxygen atoms in total. The van der Waals surface area contributed by atoms with E-state index >= 15 is 0 Å². The summed E-state index contributed by atoms with van der Waals surface area (Å²) in [7, 11) is 0. The fourth-order valence-corrected chi connectivity index (χ4v) is 2.74. The van der Waals surface area contributed by atoms with Crippen molar-refractivity contribution in [3.63, 3.8) is 0 Å².